The summed E-state index contributed by atoms with van der Waals surface area (Å²) in [6.45, 7) is 0. The van der Waals surface area contributed by atoms with Crippen LogP contribution < -0.4 is 0 Å². The van der Waals surface area contributed by atoms with Gasteiger partial charge in [0.15, 0.2) is 5.65 Å². The van der Waals surface area contributed by atoms with Gasteiger partial charge in [0.1, 0.15) is 5.52 Å². The first-order chi connectivity index (χ1) is 9.79. The lowest BCUT2D eigenvalue weighted by atomic mass is 10.1. The van der Waals surface area contributed by atoms with Gasteiger partial charge < -0.3 is 4.57 Å². The fourth-order valence-corrected chi connectivity index (χ4v) is 2.67. The highest BCUT2D eigenvalue weighted by molar-refractivity contribution is 6.09. The molecule has 4 rings (SSSR count). The number of nitrogens with zero attached hydrogens (tertiary/aromatic N) is 4. The monoisotopic (exact) mass is 258 g/mol. The minimum Gasteiger partial charge on any atom is -0.327 e. The molecule has 0 atom stereocenters. The van der Waals surface area contributed by atoms with E-state index in [1.807, 2.05) is 54.1 Å². The second-order valence-corrected chi connectivity index (χ2v) is 4.76. The van der Waals surface area contributed by atoms with E-state index in [9.17, 15) is 5.26 Å². The SMILES string of the molecule is Cn1c2cccc(C#N)c2c2nc3ccccc3nc21. The van der Waals surface area contributed by atoms with Crippen molar-refractivity contribution in [3.63, 3.8) is 0 Å². The number of aryl methyl sites for hydroxylation is 1. The molecule has 2 aromatic carbocycles. The van der Waals surface area contributed by atoms with Crippen molar-refractivity contribution in [2.24, 2.45) is 7.05 Å². The third-order valence-corrected chi connectivity index (χ3v) is 3.63. The molecule has 0 aliphatic rings. The van der Waals surface area contributed by atoms with Crippen molar-refractivity contribution in [2.75, 3.05) is 0 Å². The summed E-state index contributed by atoms with van der Waals surface area (Å²) in [6.07, 6.45) is 0. The first-order valence-electron chi connectivity index (χ1n) is 6.33. The van der Waals surface area contributed by atoms with Crippen molar-refractivity contribution < 1.29 is 0 Å². The van der Waals surface area contributed by atoms with Crippen LogP contribution in [0.1, 0.15) is 5.56 Å². The van der Waals surface area contributed by atoms with E-state index in [-0.39, 0.29) is 0 Å². The Balaban J connectivity index is 2.33. The number of aromatic nitrogens is 3. The van der Waals surface area contributed by atoms with Gasteiger partial charge >= 0.3 is 0 Å². The predicted molar refractivity (Wildman–Crippen MR) is 78.2 cm³/mol. The molecule has 2 aromatic heterocycles. The highest BCUT2D eigenvalue weighted by atomic mass is 15.0. The summed E-state index contributed by atoms with van der Waals surface area (Å²) >= 11 is 0. The standard InChI is InChI=1S/C16H10N4/c1-20-13-8-4-5-10(9-17)14(13)15-16(20)19-12-7-3-2-6-11(12)18-15/h2-8H,1H3. The molecule has 2 heterocycles. The van der Waals surface area contributed by atoms with Gasteiger partial charge in [0.2, 0.25) is 0 Å². The van der Waals surface area contributed by atoms with Crippen LogP contribution in [-0.4, -0.2) is 14.5 Å². The highest BCUT2D eigenvalue weighted by Crippen LogP contribution is 2.29. The van der Waals surface area contributed by atoms with Crippen LogP contribution in [0.15, 0.2) is 42.5 Å². The molecule has 0 radical (unpaired) electrons. The normalized spacial score (nSPS) is 11.2. The maximum atomic E-state index is 9.31. The Bertz CT molecular complexity index is 1020. The third kappa shape index (κ3) is 1.29. The summed E-state index contributed by atoms with van der Waals surface area (Å²) in [6, 6.07) is 15.7. The average molecular weight is 258 g/mol. The Morgan fingerprint density at radius 3 is 2.50 bits per heavy atom. The second-order valence-electron chi connectivity index (χ2n) is 4.76. The fraction of sp³-hybridized carbons (Fsp3) is 0.0625. The average Bonchev–Trinajstić information content (AvgIpc) is 2.78. The number of nitriles is 1. The van der Waals surface area contributed by atoms with Gasteiger partial charge in [0.05, 0.1) is 28.2 Å². The Labute approximate surface area is 114 Å². The molecule has 4 aromatic rings. The molecule has 4 nitrogen and oxygen atoms in total. The lowest BCUT2D eigenvalue weighted by molar-refractivity contribution is 0.992. The van der Waals surface area contributed by atoms with Gasteiger partial charge in [-0.15, -0.1) is 0 Å². The molecule has 0 amide bonds. The third-order valence-electron chi connectivity index (χ3n) is 3.63. The Morgan fingerprint density at radius 1 is 1.00 bits per heavy atom. The molecule has 20 heavy (non-hydrogen) atoms. The van der Waals surface area contributed by atoms with Crippen molar-refractivity contribution >= 4 is 33.1 Å². The molecule has 94 valence electrons. The number of hydrogen-bond acceptors (Lipinski definition) is 3. The Kier molecular flexibility index (Phi) is 2.07. The van der Waals surface area contributed by atoms with Gasteiger partial charge in [-0.25, -0.2) is 9.97 Å². The molecular weight excluding hydrogens is 248 g/mol. The van der Waals surface area contributed by atoms with Gasteiger partial charge in [0, 0.05) is 12.4 Å². The zero-order valence-electron chi connectivity index (χ0n) is 10.8. The van der Waals surface area contributed by atoms with E-state index in [0.29, 0.717) is 5.56 Å². The van der Waals surface area contributed by atoms with Crippen molar-refractivity contribution in [3.8, 4) is 6.07 Å². The predicted octanol–water partition coefficient (Wildman–Crippen LogP) is 3.15. The van der Waals surface area contributed by atoms with Gasteiger partial charge in [-0.2, -0.15) is 5.26 Å². The Hall–Kier alpha value is -2.93. The number of fused-ring (bicyclic) bond motifs is 4. The summed E-state index contributed by atoms with van der Waals surface area (Å²) in [7, 11) is 1.95. The number of benzene rings is 2. The molecule has 0 aliphatic carbocycles. The number of rotatable bonds is 0. The maximum absolute atomic E-state index is 9.31. The Morgan fingerprint density at radius 2 is 1.75 bits per heavy atom. The van der Waals surface area contributed by atoms with Crippen LogP contribution in [0.5, 0.6) is 0 Å². The van der Waals surface area contributed by atoms with Gasteiger partial charge in [-0.3, -0.25) is 0 Å². The van der Waals surface area contributed by atoms with Crippen molar-refractivity contribution in [3.05, 3.63) is 48.0 Å². The lowest BCUT2D eigenvalue weighted by Gasteiger charge is -1.98. The largest absolute Gasteiger partial charge is 0.327 e. The van der Waals surface area contributed by atoms with E-state index < -0.39 is 0 Å². The van der Waals surface area contributed by atoms with Crippen LogP contribution in [0.4, 0.5) is 0 Å². The van der Waals surface area contributed by atoms with Crippen LogP contribution >= 0.6 is 0 Å². The number of hydrogen-bond donors (Lipinski definition) is 0. The van der Waals surface area contributed by atoms with Crippen LogP contribution in [0.2, 0.25) is 0 Å². The molecule has 0 unspecified atom stereocenters. The molecule has 0 aliphatic heterocycles. The van der Waals surface area contributed by atoms with Crippen LogP contribution in [0.25, 0.3) is 33.1 Å². The van der Waals surface area contributed by atoms with E-state index in [4.69, 9.17) is 4.98 Å². The van der Waals surface area contributed by atoms with Gasteiger partial charge in [-0.05, 0) is 24.3 Å². The van der Waals surface area contributed by atoms with Gasteiger partial charge in [-0.1, -0.05) is 18.2 Å². The zero-order chi connectivity index (χ0) is 13.7. The van der Waals surface area contributed by atoms with E-state index in [2.05, 4.69) is 11.1 Å². The summed E-state index contributed by atoms with van der Waals surface area (Å²) in [5.41, 5.74) is 4.93. The molecule has 0 bridgehead atoms. The fourth-order valence-electron chi connectivity index (χ4n) is 2.67. The van der Waals surface area contributed by atoms with Crippen LogP contribution in [0.3, 0.4) is 0 Å². The van der Waals surface area contributed by atoms with E-state index in [0.717, 1.165) is 33.1 Å². The summed E-state index contributed by atoms with van der Waals surface area (Å²) in [5.74, 6) is 0. The summed E-state index contributed by atoms with van der Waals surface area (Å²) in [5, 5.41) is 10.2. The van der Waals surface area contributed by atoms with Gasteiger partial charge in [0.25, 0.3) is 0 Å². The first-order valence-corrected chi connectivity index (χ1v) is 6.33. The van der Waals surface area contributed by atoms with Crippen LogP contribution in [0, 0.1) is 11.3 Å². The quantitative estimate of drug-likeness (QED) is 0.487. The zero-order valence-corrected chi connectivity index (χ0v) is 10.8. The molecule has 4 heteroatoms. The minimum atomic E-state index is 0.637. The van der Waals surface area contributed by atoms with E-state index >= 15 is 0 Å². The van der Waals surface area contributed by atoms with E-state index in [1.54, 1.807) is 0 Å². The lowest BCUT2D eigenvalue weighted by Crippen LogP contribution is -1.91. The minimum absolute atomic E-state index is 0.637. The molecule has 0 N–H and O–H groups in total. The van der Waals surface area contributed by atoms with E-state index in [1.165, 1.54) is 0 Å². The second kappa shape index (κ2) is 3.78. The first kappa shape index (κ1) is 10.9. The van der Waals surface area contributed by atoms with Crippen LogP contribution in [-0.2, 0) is 7.05 Å². The molecular formula is C16H10N4. The molecule has 0 spiro atoms. The molecule has 0 saturated carbocycles. The summed E-state index contributed by atoms with van der Waals surface area (Å²) < 4.78 is 1.99. The maximum Gasteiger partial charge on any atom is 0.160 e. The van der Waals surface area contributed by atoms with Crippen molar-refractivity contribution in [1.29, 1.82) is 5.26 Å². The highest BCUT2D eigenvalue weighted by Gasteiger charge is 2.14. The molecule has 0 saturated heterocycles. The molecule has 0 fully saturated rings. The topological polar surface area (TPSA) is 54.5 Å². The van der Waals surface area contributed by atoms with Crippen molar-refractivity contribution in [1.82, 2.24) is 14.5 Å². The smallest absolute Gasteiger partial charge is 0.160 e. The number of para-hydroxylation sites is 2. The van der Waals surface area contributed by atoms with Crippen molar-refractivity contribution in [2.45, 2.75) is 0 Å². The summed E-state index contributed by atoms with van der Waals surface area (Å²) in [4.78, 5) is 9.38.